The maximum absolute atomic E-state index is 12.5. The largest absolute Gasteiger partial charge is 0.495 e. The van der Waals surface area contributed by atoms with Crippen LogP contribution in [0.2, 0.25) is 0 Å². The first-order valence-electron chi connectivity index (χ1n) is 8.05. The molecule has 4 N–H and O–H groups in total. The molecule has 0 heterocycles. The van der Waals surface area contributed by atoms with E-state index in [0.717, 1.165) is 19.3 Å². The molecule has 0 radical (unpaired) electrons. The molecule has 1 aromatic carbocycles. The van der Waals surface area contributed by atoms with E-state index >= 15 is 0 Å². The number of benzene rings is 1. The van der Waals surface area contributed by atoms with E-state index in [1.165, 1.54) is 19.2 Å². The van der Waals surface area contributed by atoms with Crippen molar-refractivity contribution in [3.8, 4) is 5.75 Å². The zero-order chi connectivity index (χ0) is 17.9. The molecule has 8 heteroatoms. The molecule has 1 fully saturated rings. The Morgan fingerprint density at radius 3 is 2.62 bits per heavy atom. The summed E-state index contributed by atoms with van der Waals surface area (Å²) in [6, 6.07) is 3.84. The monoisotopic (exact) mass is 355 g/mol. The van der Waals surface area contributed by atoms with E-state index in [0.29, 0.717) is 5.69 Å². The van der Waals surface area contributed by atoms with E-state index < -0.39 is 16.1 Å². The smallest absolute Gasteiger partial charge is 0.244 e. The normalized spacial score (nSPS) is 17.2. The predicted octanol–water partition coefficient (Wildman–Crippen LogP) is 1.45. The fourth-order valence-electron chi connectivity index (χ4n) is 2.19. The first-order chi connectivity index (χ1) is 11.3. The van der Waals surface area contributed by atoms with Crippen LogP contribution >= 0.6 is 0 Å². The molecule has 134 valence electrons. The Kier molecular flexibility index (Phi) is 5.84. The molecule has 1 aliphatic rings. The van der Waals surface area contributed by atoms with Crippen molar-refractivity contribution in [2.75, 3.05) is 12.4 Å². The first kappa shape index (κ1) is 18.7. The lowest BCUT2D eigenvalue weighted by Gasteiger charge is -2.18. The lowest BCUT2D eigenvalue weighted by atomic mass is 9.99. The lowest BCUT2D eigenvalue weighted by Crippen LogP contribution is -2.40. The van der Waals surface area contributed by atoms with Gasteiger partial charge in [-0.3, -0.25) is 4.79 Å². The van der Waals surface area contributed by atoms with Gasteiger partial charge in [-0.1, -0.05) is 20.3 Å². The highest BCUT2D eigenvalue weighted by Gasteiger charge is 2.30. The van der Waals surface area contributed by atoms with E-state index in [2.05, 4.69) is 10.0 Å². The minimum Gasteiger partial charge on any atom is -0.495 e. The van der Waals surface area contributed by atoms with E-state index in [-0.39, 0.29) is 28.5 Å². The highest BCUT2D eigenvalue weighted by molar-refractivity contribution is 7.89. The van der Waals surface area contributed by atoms with Gasteiger partial charge in [0.2, 0.25) is 15.9 Å². The fraction of sp³-hybridized carbons (Fsp3) is 0.562. The van der Waals surface area contributed by atoms with Gasteiger partial charge < -0.3 is 15.8 Å². The van der Waals surface area contributed by atoms with Gasteiger partial charge >= 0.3 is 0 Å². The summed E-state index contributed by atoms with van der Waals surface area (Å²) in [5, 5.41) is 2.68. The quantitative estimate of drug-likeness (QED) is 0.654. The van der Waals surface area contributed by atoms with Crippen LogP contribution in [0.3, 0.4) is 0 Å². The number of methoxy groups -OCH3 is 1. The number of anilines is 1. The molecule has 1 saturated carbocycles. The van der Waals surface area contributed by atoms with Crippen LogP contribution in [0, 0.1) is 5.92 Å². The van der Waals surface area contributed by atoms with Crippen molar-refractivity contribution < 1.29 is 17.9 Å². The number of nitrogens with two attached hydrogens (primary N) is 1. The van der Waals surface area contributed by atoms with Gasteiger partial charge in [-0.25, -0.2) is 13.1 Å². The van der Waals surface area contributed by atoms with Gasteiger partial charge in [-0.05, 0) is 37.0 Å². The van der Waals surface area contributed by atoms with E-state index in [4.69, 9.17) is 10.5 Å². The predicted molar refractivity (Wildman–Crippen MR) is 92.4 cm³/mol. The summed E-state index contributed by atoms with van der Waals surface area (Å²) in [7, 11) is -2.29. The number of amides is 1. The second-order valence-electron chi connectivity index (χ2n) is 6.16. The maximum Gasteiger partial charge on any atom is 0.244 e. The molecule has 0 spiro atoms. The van der Waals surface area contributed by atoms with Crippen LogP contribution in [0.15, 0.2) is 23.1 Å². The molecule has 24 heavy (non-hydrogen) atoms. The summed E-state index contributed by atoms with van der Waals surface area (Å²) in [4.78, 5) is 12.2. The van der Waals surface area contributed by atoms with Gasteiger partial charge in [-0.15, -0.1) is 0 Å². The molecule has 0 aromatic heterocycles. The summed E-state index contributed by atoms with van der Waals surface area (Å²) < 4.78 is 32.7. The second kappa shape index (κ2) is 7.50. The van der Waals surface area contributed by atoms with E-state index in [1.807, 2.05) is 13.8 Å². The van der Waals surface area contributed by atoms with E-state index in [1.54, 1.807) is 6.07 Å². The fourth-order valence-corrected chi connectivity index (χ4v) is 3.69. The molecule has 1 aliphatic carbocycles. The summed E-state index contributed by atoms with van der Waals surface area (Å²) in [6.45, 7) is 3.85. The third kappa shape index (κ3) is 4.46. The molecular formula is C16H25N3O4S. The number of nitrogens with one attached hydrogen (secondary N) is 2. The molecule has 0 bridgehead atoms. The van der Waals surface area contributed by atoms with Crippen molar-refractivity contribution >= 4 is 21.6 Å². The standard InChI is InChI=1S/C16H25N3O4S/c1-4-10(2)15(17)16(20)18-12-7-8-13(23-3)14(9-12)24(21,22)19-11-5-6-11/h7-11,15,19H,4-6,17H2,1-3H3,(H,18,20). The van der Waals surface area contributed by atoms with Crippen molar-refractivity contribution in [3.05, 3.63) is 18.2 Å². The molecule has 1 aromatic rings. The Labute approximate surface area is 143 Å². The van der Waals surface area contributed by atoms with Gasteiger partial charge in [0, 0.05) is 11.7 Å². The van der Waals surface area contributed by atoms with Crippen LogP contribution in [-0.4, -0.2) is 33.5 Å². The number of hydrogen-bond donors (Lipinski definition) is 3. The van der Waals surface area contributed by atoms with Gasteiger partial charge in [0.05, 0.1) is 13.2 Å². The van der Waals surface area contributed by atoms with Gasteiger partial charge in [0.25, 0.3) is 0 Å². The molecule has 7 nitrogen and oxygen atoms in total. The number of ether oxygens (including phenoxy) is 1. The minimum atomic E-state index is -3.70. The van der Waals surface area contributed by atoms with Crippen molar-refractivity contribution in [3.63, 3.8) is 0 Å². The van der Waals surface area contributed by atoms with Gasteiger partial charge in [0.1, 0.15) is 10.6 Å². The molecule has 1 amide bonds. The molecule has 2 unspecified atom stereocenters. The summed E-state index contributed by atoms with van der Waals surface area (Å²) in [5.41, 5.74) is 6.28. The average molecular weight is 355 g/mol. The van der Waals surface area contributed by atoms with Gasteiger partial charge in [-0.2, -0.15) is 0 Å². The van der Waals surface area contributed by atoms with Crippen molar-refractivity contribution in [2.24, 2.45) is 11.7 Å². The van der Waals surface area contributed by atoms with Crippen molar-refractivity contribution in [1.29, 1.82) is 0 Å². The number of rotatable bonds is 8. The highest BCUT2D eigenvalue weighted by atomic mass is 32.2. The van der Waals surface area contributed by atoms with Crippen molar-refractivity contribution in [2.45, 2.75) is 50.1 Å². The summed E-state index contributed by atoms with van der Waals surface area (Å²) >= 11 is 0. The number of carbonyl (C=O) groups excluding carboxylic acids is 1. The van der Waals surface area contributed by atoms with Gasteiger partial charge in [0.15, 0.2) is 0 Å². The third-order valence-corrected chi connectivity index (χ3v) is 5.72. The molecule has 2 rings (SSSR count). The summed E-state index contributed by atoms with van der Waals surface area (Å²) in [6.07, 6.45) is 2.45. The second-order valence-corrected chi connectivity index (χ2v) is 7.84. The van der Waals surface area contributed by atoms with Crippen LogP contribution in [0.4, 0.5) is 5.69 Å². The first-order valence-corrected chi connectivity index (χ1v) is 9.53. The maximum atomic E-state index is 12.5. The topological polar surface area (TPSA) is 111 Å². The minimum absolute atomic E-state index is 0.00631. The lowest BCUT2D eigenvalue weighted by molar-refractivity contribution is -0.118. The number of carbonyl (C=O) groups is 1. The van der Waals surface area contributed by atoms with Crippen molar-refractivity contribution in [1.82, 2.24) is 4.72 Å². The Bertz CT molecular complexity index is 701. The van der Waals surface area contributed by atoms with E-state index in [9.17, 15) is 13.2 Å². The number of sulfonamides is 1. The Hall–Kier alpha value is -1.64. The zero-order valence-corrected chi connectivity index (χ0v) is 15.0. The molecular weight excluding hydrogens is 330 g/mol. The third-order valence-electron chi connectivity index (χ3n) is 4.18. The number of hydrogen-bond acceptors (Lipinski definition) is 5. The van der Waals surface area contributed by atoms with Crippen LogP contribution in [-0.2, 0) is 14.8 Å². The molecule has 0 saturated heterocycles. The van der Waals surface area contributed by atoms with Crippen LogP contribution in [0.5, 0.6) is 5.75 Å². The highest BCUT2D eigenvalue weighted by Crippen LogP contribution is 2.29. The van der Waals surface area contributed by atoms with Crippen LogP contribution < -0.4 is 20.5 Å². The Morgan fingerprint density at radius 2 is 2.08 bits per heavy atom. The summed E-state index contributed by atoms with van der Waals surface area (Å²) in [5.74, 6) is -0.0802. The average Bonchev–Trinajstić information content (AvgIpc) is 3.36. The molecule has 2 atom stereocenters. The molecule has 0 aliphatic heterocycles. The van der Waals surface area contributed by atoms with Crippen LogP contribution in [0.25, 0.3) is 0 Å². The van der Waals surface area contributed by atoms with Crippen LogP contribution in [0.1, 0.15) is 33.1 Å². The Balaban J connectivity index is 2.23. The Morgan fingerprint density at radius 1 is 1.42 bits per heavy atom. The SMILES string of the molecule is CCC(C)C(N)C(=O)Nc1ccc(OC)c(S(=O)(=O)NC2CC2)c1. The zero-order valence-electron chi connectivity index (χ0n) is 14.2.